The van der Waals surface area contributed by atoms with Crippen molar-refractivity contribution in [1.29, 1.82) is 0 Å². The topological polar surface area (TPSA) is 58.4 Å². The molecule has 1 heterocycles. The molecule has 1 aromatic heterocycles. The molecule has 1 unspecified atom stereocenters. The lowest BCUT2D eigenvalue weighted by Gasteiger charge is -2.17. The summed E-state index contributed by atoms with van der Waals surface area (Å²) in [7, 11) is 1.81. The lowest BCUT2D eigenvalue weighted by molar-refractivity contribution is 0.0790. The molecule has 3 aromatic rings. The van der Waals surface area contributed by atoms with Crippen molar-refractivity contribution >= 4 is 5.91 Å². The zero-order chi connectivity index (χ0) is 19.9. The Bertz CT molecular complexity index is 871. The highest BCUT2D eigenvalue weighted by Crippen LogP contribution is 2.24. The van der Waals surface area contributed by atoms with E-state index in [9.17, 15) is 9.90 Å². The van der Waals surface area contributed by atoms with E-state index in [-0.39, 0.29) is 5.91 Å². The normalized spacial score (nSPS) is 12.0. The van der Waals surface area contributed by atoms with Crippen LogP contribution in [-0.4, -0.2) is 39.1 Å². The third-order valence-electron chi connectivity index (χ3n) is 4.92. The molecule has 0 saturated heterocycles. The number of nitrogens with zero attached hydrogens (tertiary/aromatic N) is 3. The fourth-order valence-corrected chi connectivity index (χ4v) is 3.15. The van der Waals surface area contributed by atoms with Crippen molar-refractivity contribution in [2.24, 2.45) is 0 Å². The summed E-state index contributed by atoms with van der Waals surface area (Å²) in [5, 5.41) is 10.1. The number of benzene rings is 2. The number of aromatic nitrogens is 2. The number of hydrogen-bond acceptors (Lipinski definition) is 3. The predicted octanol–water partition coefficient (Wildman–Crippen LogP) is 4.16. The van der Waals surface area contributed by atoms with Crippen LogP contribution in [0.15, 0.2) is 67.3 Å². The number of aliphatic hydroxyl groups is 1. The van der Waals surface area contributed by atoms with Gasteiger partial charge in [-0.25, -0.2) is 4.98 Å². The maximum absolute atomic E-state index is 12.6. The second kappa shape index (κ2) is 9.33. The summed E-state index contributed by atoms with van der Waals surface area (Å²) >= 11 is 0. The number of amides is 1. The molecule has 2 aromatic carbocycles. The lowest BCUT2D eigenvalue weighted by atomic mass is 9.99. The highest BCUT2D eigenvalue weighted by atomic mass is 16.3. The Kier molecular flexibility index (Phi) is 6.61. The van der Waals surface area contributed by atoms with Gasteiger partial charge >= 0.3 is 0 Å². The van der Waals surface area contributed by atoms with Gasteiger partial charge in [0.05, 0.1) is 12.4 Å². The molecule has 0 aliphatic heterocycles. The van der Waals surface area contributed by atoms with Crippen LogP contribution in [0, 0.1) is 0 Å². The van der Waals surface area contributed by atoms with Crippen LogP contribution in [0.25, 0.3) is 11.1 Å². The van der Waals surface area contributed by atoms with Gasteiger partial charge in [-0.3, -0.25) is 4.79 Å². The molecule has 0 saturated carbocycles. The smallest absolute Gasteiger partial charge is 0.253 e. The summed E-state index contributed by atoms with van der Waals surface area (Å²) < 4.78 is 1.95. The van der Waals surface area contributed by atoms with E-state index in [0.29, 0.717) is 12.1 Å². The SMILES string of the molecule is CCCC(O)c1ccc(-c2ccc(C(=O)N(C)CCn3ccnc3)cc2)cc1. The summed E-state index contributed by atoms with van der Waals surface area (Å²) in [6, 6.07) is 15.6. The van der Waals surface area contributed by atoms with Crippen molar-refractivity contribution < 1.29 is 9.90 Å². The van der Waals surface area contributed by atoms with Gasteiger partial charge in [-0.05, 0) is 35.2 Å². The highest BCUT2D eigenvalue weighted by molar-refractivity contribution is 5.94. The van der Waals surface area contributed by atoms with Crippen LogP contribution < -0.4 is 0 Å². The Labute approximate surface area is 166 Å². The van der Waals surface area contributed by atoms with Crippen molar-refractivity contribution in [3.05, 3.63) is 78.4 Å². The Morgan fingerprint density at radius 3 is 2.32 bits per heavy atom. The van der Waals surface area contributed by atoms with Gasteiger partial charge in [0.15, 0.2) is 0 Å². The number of likely N-dealkylation sites (N-methyl/N-ethyl adjacent to an activating group) is 1. The van der Waals surface area contributed by atoms with E-state index in [4.69, 9.17) is 0 Å². The van der Waals surface area contributed by atoms with E-state index in [1.807, 2.05) is 66.3 Å². The molecule has 1 N–H and O–H groups in total. The van der Waals surface area contributed by atoms with Crippen molar-refractivity contribution in [3.63, 3.8) is 0 Å². The molecule has 1 amide bonds. The Morgan fingerprint density at radius 2 is 1.75 bits per heavy atom. The molecule has 3 rings (SSSR count). The third-order valence-corrected chi connectivity index (χ3v) is 4.92. The second-order valence-corrected chi connectivity index (χ2v) is 7.03. The predicted molar refractivity (Wildman–Crippen MR) is 111 cm³/mol. The zero-order valence-electron chi connectivity index (χ0n) is 16.5. The minimum absolute atomic E-state index is 0.00435. The van der Waals surface area contributed by atoms with Crippen LogP contribution in [0.5, 0.6) is 0 Å². The van der Waals surface area contributed by atoms with Gasteiger partial charge in [-0.2, -0.15) is 0 Å². The number of carbonyl (C=O) groups excluding carboxylic acids is 1. The molecule has 0 spiro atoms. The van der Waals surface area contributed by atoms with Crippen LogP contribution in [0.4, 0.5) is 0 Å². The molecule has 0 aliphatic rings. The maximum atomic E-state index is 12.6. The third kappa shape index (κ3) is 4.87. The van der Waals surface area contributed by atoms with Crippen LogP contribution in [0.2, 0.25) is 0 Å². The molecular weight excluding hydrogens is 350 g/mol. The maximum Gasteiger partial charge on any atom is 0.253 e. The Morgan fingerprint density at radius 1 is 1.11 bits per heavy atom. The van der Waals surface area contributed by atoms with E-state index in [0.717, 1.165) is 36.1 Å². The molecule has 0 aliphatic carbocycles. The van der Waals surface area contributed by atoms with Crippen molar-refractivity contribution in [2.75, 3.05) is 13.6 Å². The van der Waals surface area contributed by atoms with Gasteiger partial charge in [-0.1, -0.05) is 49.7 Å². The monoisotopic (exact) mass is 377 g/mol. The van der Waals surface area contributed by atoms with Gasteiger partial charge in [0, 0.05) is 38.1 Å². The first-order valence-electron chi connectivity index (χ1n) is 9.68. The summed E-state index contributed by atoms with van der Waals surface area (Å²) in [6.07, 6.45) is 6.69. The number of hydrogen-bond donors (Lipinski definition) is 1. The quantitative estimate of drug-likeness (QED) is 0.641. The number of imidazole rings is 1. The van der Waals surface area contributed by atoms with Gasteiger partial charge in [0.25, 0.3) is 5.91 Å². The number of carbonyl (C=O) groups is 1. The molecule has 1 atom stereocenters. The minimum atomic E-state index is -0.406. The fraction of sp³-hybridized carbons (Fsp3) is 0.304. The van der Waals surface area contributed by atoms with E-state index in [1.165, 1.54) is 0 Å². The van der Waals surface area contributed by atoms with Crippen molar-refractivity contribution in [2.45, 2.75) is 32.4 Å². The molecule has 0 bridgehead atoms. The molecule has 146 valence electrons. The van der Waals surface area contributed by atoms with Crippen molar-refractivity contribution in [3.8, 4) is 11.1 Å². The van der Waals surface area contributed by atoms with Crippen LogP contribution in [-0.2, 0) is 6.54 Å². The second-order valence-electron chi connectivity index (χ2n) is 7.03. The average molecular weight is 377 g/mol. The van der Waals surface area contributed by atoms with E-state index >= 15 is 0 Å². The van der Waals surface area contributed by atoms with E-state index < -0.39 is 6.10 Å². The summed E-state index contributed by atoms with van der Waals surface area (Å²) in [4.78, 5) is 18.3. The van der Waals surface area contributed by atoms with Gasteiger partial charge in [-0.15, -0.1) is 0 Å². The zero-order valence-corrected chi connectivity index (χ0v) is 16.5. The average Bonchev–Trinajstić information content (AvgIpc) is 3.25. The summed E-state index contributed by atoms with van der Waals surface area (Å²) in [6.45, 7) is 3.41. The molecular formula is C23H27N3O2. The standard InChI is InChI=1S/C23H27N3O2/c1-3-4-22(27)20-9-5-18(6-10-20)19-7-11-21(12-8-19)23(28)25(2)15-16-26-14-13-24-17-26/h5-14,17,22,27H,3-4,15-16H2,1-2H3. The van der Waals surface area contributed by atoms with Crippen LogP contribution >= 0.6 is 0 Å². The number of aliphatic hydroxyl groups excluding tert-OH is 1. The van der Waals surface area contributed by atoms with Crippen molar-refractivity contribution in [1.82, 2.24) is 14.5 Å². The van der Waals surface area contributed by atoms with Crippen LogP contribution in [0.3, 0.4) is 0 Å². The lowest BCUT2D eigenvalue weighted by Crippen LogP contribution is -2.29. The molecule has 5 nitrogen and oxygen atoms in total. The highest BCUT2D eigenvalue weighted by Gasteiger charge is 2.12. The van der Waals surface area contributed by atoms with Gasteiger partial charge < -0.3 is 14.6 Å². The Hall–Kier alpha value is -2.92. The van der Waals surface area contributed by atoms with E-state index in [2.05, 4.69) is 11.9 Å². The Balaban J connectivity index is 1.63. The summed E-state index contributed by atoms with van der Waals surface area (Å²) in [5.74, 6) is 0.00435. The molecule has 5 heteroatoms. The molecule has 0 fully saturated rings. The van der Waals surface area contributed by atoms with E-state index in [1.54, 1.807) is 17.4 Å². The fourth-order valence-electron chi connectivity index (χ4n) is 3.15. The molecule has 0 radical (unpaired) electrons. The molecule has 28 heavy (non-hydrogen) atoms. The first kappa shape index (κ1) is 19.8. The van der Waals surface area contributed by atoms with Crippen LogP contribution in [0.1, 0.15) is 41.8 Å². The number of rotatable bonds is 8. The summed E-state index contributed by atoms with van der Waals surface area (Å²) in [5.41, 5.74) is 3.73. The first-order chi connectivity index (χ1) is 13.6. The minimum Gasteiger partial charge on any atom is -0.388 e. The largest absolute Gasteiger partial charge is 0.388 e. The van der Waals surface area contributed by atoms with Gasteiger partial charge in [0.1, 0.15) is 0 Å². The first-order valence-corrected chi connectivity index (χ1v) is 9.68. The van der Waals surface area contributed by atoms with Gasteiger partial charge in [0.2, 0.25) is 0 Å².